The number of nitrogens with zero attached hydrogens (tertiary/aromatic N) is 1. The standard InChI is InChI=1S/C23H30FNO2/c1-16(2)13-25(14-19-8-7-9-20(24)12-19)15-21-10-11-22(27-21)23(26,17(3)4)18(5)6/h7-12,16,26H,3,5,13-15H2,1-2,4,6H3. The highest BCUT2D eigenvalue weighted by molar-refractivity contribution is 5.35. The van der Waals surface area contributed by atoms with Crippen molar-refractivity contribution in [2.45, 2.75) is 46.4 Å². The molecule has 1 heterocycles. The van der Waals surface area contributed by atoms with Gasteiger partial charge in [0.25, 0.3) is 0 Å². The molecule has 0 saturated carbocycles. The number of hydrogen-bond donors (Lipinski definition) is 1. The van der Waals surface area contributed by atoms with Gasteiger partial charge >= 0.3 is 0 Å². The first kappa shape index (κ1) is 21.1. The van der Waals surface area contributed by atoms with Crippen LogP contribution < -0.4 is 0 Å². The van der Waals surface area contributed by atoms with Gasteiger partial charge in [0.2, 0.25) is 0 Å². The lowest BCUT2D eigenvalue weighted by Gasteiger charge is -2.27. The minimum Gasteiger partial charge on any atom is -0.461 e. The molecule has 1 aromatic heterocycles. The van der Waals surface area contributed by atoms with Crippen LogP contribution in [0.3, 0.4) is 0 Å². The van der Waals surface area contributed by atoms with E-state index in [1.807, 2.05) is 12.1 Å². The molecule has 1 aromatic carbocycles. The van der Waals surface area contributed by atoms with E-state index in [-0.39, 0.29) is 5.82 Å². The Labute approximate surface area is 161 Å². The highest BCUT2D eigenvalue weighted by Gasteiger charge is 2.35. The van der Waals surface area contributed by atoms with Gasteiger partial charge in [-0.1, -0.05) is 39.1 Å². The SMILES string of the molecule is C=C(C)C(O)(C(=C)C)c1ccc(CN(Cc2cccc(F)c2)CC(C)C)o1. The lowest BCUT2D eigenvalue weighted by Crippen LogP contribution is -2.28. The molecule has 3 nitrogen and oxygen atoms in total. The molecule has 0 aliphatic rings. The second kappa shape index (κ2) is 8.68. The Morgan fingerprint density at radius 3 is 2.37 bits per heavy atom. The molecule has 0 spiro atoms. The summed E-state index contributed by atoms with van der Waals surface area (Å²) >= 11 is 0. The van der Waals surface area contributed by atoms with E-state index in [4.69, 9.17) is 4.42 Å². The van der Waals surface area contributed by atoms with Crippen LogP contribution in [0.4, 0.5) is 4.39 Å². The topological polar surface area (TPSA) is 36.6 Å². The van der Waals surface area contributed by atoms with Crippen LogP contribution >= 0.6 is 0 Å². The molecule has 0 aliphatic heterocycles. The number of furan rings is 1. The van der Waals surface area contributed by atoms with Crippen molar-refractivity contribution < 1.29 is 13.9 Å². The average molecular weight is 371 g/mol. The first-order chi connectivity index (χ1) is 12.6. The molecule has 0 atom stereocenters. The summed E-state index contributed by atoms with van der Waals surface area (Å²) in [4.78, 5) is 2.21. The van der Waals surface area contributed by atoms with Crippen molar-refractivity contribution in [2.75, 3.05) is 6.54 Å². The Kier molecular flexibility index (Phi) is 6.79. The molecule has 4 heteroatoms. The third-order valence-corrected chi connectivity index (χ3v) is 4.55. The van der Waals surface area contributed by atoms with E-state index in [1.54, 1.807) is 32.0 Å². The van der Waals surface area contributed by atoms with Crippen LogP contribution in [0.1, 0.15) is 44.8 Å². The summed E-state index contributed by atoms with van der Waals surface area (Å²) in [5.41, 5.74) is 0.677. The van der Waals surface area contributed by atoms with Crippen molar-refractivity contribution in [3.8, 4) is 0 Å². The molecule has 0 aliphatic carbocycles. The molecular formula is C23H30FNO2. The molecule has 2 aromatic rings. The van der Waals surface area contributed by atoms with E-state index >= 15 is 0 Å². The summed E-state index contributed by atoms with van der Waals surface area (Å²) in [5, 5.41) is 10.9. The van der Waals surface area contributed by atoms with Gasteiger partial charge in [-0.15, -0.1) is 0 Å². The van der Waals surface area contributed by atoms with Crippen molar-refractivity contribution >= 4 is 0 Å². The molecule has 1 N–H and O–H groups in total. The van der Waals surface area contributed by atoms with E-state index in [0.717, 1.165) is 17.9 Å². The Hall–Kier alpha value is -2.17. The summed E-state index contributed by atoms with van der Waals surface area (Å²) in [5.74, 6) is 1.39. The van der Waals surface area contributed by atoms with Gasteiger partial charge in [-0.05, 0) is 60.7 Å². The zero-order valence-corrected chi connectivity index (χ0v) is 16.8. The van der Waals surface area contributed by atoms with Gasteiger partial charge in [-0.3, -0.25) is 4.90 Å². The summed E-state index contributed by atoms with van der Waals surface area (Å²) in [6, 6.07) is 10.3. The highest BCUT2D eigenvalue weighted by atomic mass is 19.1. The Bertz CT molecular complexity index is 792. The quantitative estimate of drug-likeness (QED) is 0.598. The number of halogens is 1. The van der Waals surface area contributed by atoms with Crippen molar-refractivity contribution in [1.29, 1.82) is 0 Å². The Balaban J connectivity index is 2.22. The lowest BCUT2D eigenvalue weighted by atomic mass is 9.87. The first-order valence-electron chi connectivity index (χ1n) is 9.23. The van der Waals surface area contributed by atoms with Crippen LogP contribution in [0.2, 0.25) is 0 Å². The van der Waals surface area contributed by atoms with Gasteiger partial charge in [0.05, 0.1) is 6.54 Å². The van der Waals surface area contributed by atoms with Crippen molar-refractivity contribution in [2.24, 2.45) is 5.92 Å². The van der Waals surface area contributed by atoms with Crippen LogP contribution in [0, 0.1) is 11.7 Å². The van der Waals surface area contributed by atoms with Gasteiger partial charge in [0, 0.05) is 13.1 Å². The van der Waals surface area contributed by atoms with Crippen LogP contribution in [-0.2, 0) is 18.7 Å². The smallest absolute Gasteiger partial charge is 0.163 e. The van der Waals surface area contributed by atoms with Crippen LogP contribution in [0.15, 0.2) is 65.1 Å². The van der Waals surface area contributed by atoms with E-state index in [2.05, 4.69) is 31.9 Å². The Morgan fingerprint density at radius 2 is 1.81 bits per heavy atom. The molecule has 0 fully saturated rings. The van der Waals surface area contributed by atoms with E-state index in [1.165, 1.54) is 6.07 Å². The predicted octanol–water partition coefficient (Wildman–Crippen LogP) is 5.42. The van der Waals surface area contributed by atoms with E-state index < -0.39 is 5.60 Å². The summed E-state index contributed by atoms with van der Waals surface area (Å²) < 4.78 is 19.5. The van der Waals surface area contributed by atoms with E-state index in [0.29, 0.717) is 35.9 Å². The fourth-order valence-corrected chi connectivity index (χ4v) is 3.26. The largest absolute Gasteiger partial charge is 0.461 e. The lowest BCUT2D eigenvalue weighted by molar-refractivity contribution is 0.0874. The van der Waals surface area contributed by atoms with E-state index in [9.17, 15) is 9.50 Å². The molecule has 0 saturated heterocycles. The minimum absolute atomic E-state index is 0.231. The van der Waals surface area contributed by atoms with Crippen LogP contribution in [0.25, 0.3) is 0 Å². The third kappa shape index (κ3) is 5.18. The van der Waals surface area contributed by atoms with Crippen LogP contribution in [0.5, 0.6) is 0 Å². The number of benzene rings is 1. The second-order valence-electron chi connectivity index (χ2n) is 7.73. The molecule has 0 amide bonds. The predicted molar refractivity (Wildman–Crippen MR) is 108 cm³/mol. The van der Waals surface area contributed by atoms with Crippen molar-refractivity contribution in [1.82, 2.24) is 4.90 Å². The van der Waals surface area contributed by atoms with Gasteiger partial charge in [0.1, 0.15) is 17.3 Å². The molecule has 27 heavy (non-hydrogen) atoms. The number of hydrogen-bond acceptors (Lipinski definition) is 3. The van der Waals surface area contributed by atoms with Crippen LogP contribution in [-0.4, -0.2) is 16.6 Å². The van der Waals surface area contributed by atoms with Gasteiger partial charge in [-0.25, -0.2) is 4.39 Å². The molecule has 2 rings (SSSR count). The highest BCUT2D eigenvalue weighted by Crippen LogP contribution is 2.36. The monoisotopic (exact) mass is 371 g/mol. The van der Waals surface area contributed by atoms with Gasteiger partial charge < -0.3 is 9.52 Å². The summed E-state index contributed by atoms with van der Waals surface area (Å²) in [6.45, 7) is 17.6. The number of aliphatic hydroxyl groups is 1. The normalized spacial score (nSPS) is 12.0. The zero-order chi connectivity index (χ0) is 20.2. The maximum absolute atomic E-state index is 13.5. The fraction of sp³-hybridized carbons (Fsp3) is 0.391. The minimum atomic E-state index is -1.37. The molecule has 0 radical (unpaired) electrons. The van der Waals surface area contributed by atoms with Gasteiger partial charge in [0.15, 0.2) is 5.60 Å². The maximum Gasteiger partial charge on any atom is 0.163 e. The summed E-state index contributed by atoms with van der Waals surface area (Å²) in [7, 11) is 0. The second-order valence-corrected chi connectivity index (χ2v) is 7.73. The fourth-order valence-electron chi connectivity index (χ4n) is 3.26. The van der Waals surface area contributed by atoms with Crippen molar-refractivity contribution in [3.63, 3.8) is 0 Å². The molecule has 0 bridgehead atoms. The molecular weight excluding hydrogens is 341 g/mol. The summed E-state index contributed by atoms with van der Waals surface area (Å²) in [6.07, 6.45) is 0. The Morgan fingerprint density at radius 1 is 1.15 bits per heavy atom. The molecule has 146 valence electrons. The zero-order valence-electron chi connectivity index (χ0n) is 16.8. The average Bonchev–Trinajstić information content (AvgIpc) is 3.01. The van der Waals surface area contributed by atoms with Gasteiger partial charge in [-0.2, -0.15) is 0 Å². The van der Waals surface area contributed by atoms with Crippen molar-refractivity contribution in [3.05, 3.63) is 83.6 Å². The number of rotatable bonds is 9. The first-order valence-corrected chi connectivity index (χ1v) is 9.23. The third-order valence-electron chi connectivity index (χ3n) is 4.55. The maximum atomic E-state index is 13.5. The molecule has 0 unspecified atom stereocenters.